The molecule has 0 amide bonds. The fourth-order valence-electron chi connectivity index (χ4n) is 5.80. The van der Waals surface area contributed by atoms with Gasteiger partial charge in [-0.2, -0.15) is 13.2 Å². The molecule has 1 aromatic carbocycles. The maximum Gasteiger partial charge on any atom is 0.511 e. The second-order valence-corrected chi connectivity index (χ2v) is 9.52. The second kappa shape index (κ2) is 11.5. The highest BCUT2D eigenvalue weighted by Crippen LogP contribution is 2.54. The molecular formula is C25H34F3NO6. The number of rotatable bonds is 6. The van der Waals surface area contributed by atoms with Crippen LogP contribution in [0.2, 0.25) is 0 Å². The number of carboxylic acids is 1. The molecule has 7 nitrogen and oxygen atoms in total. The van der Waals surface area contributed by atoms with Crippen LogP contribution < -0.4 is 10.1 Å². The number of fused-ring (bicyclic) bond motifs is 1. The van der Waals surface area contributed by atoms with E-state index in [1.165, 1.54) is 43.2 Å². The molecular weight excluding hydrogens is 467 g/mol. The summed E-state index contributed by atoms with van der Waals surface area (Å²) in [6, 6.07) is 7.04. The Balaban J connectivity index is 0.000000429. The molecule has 0 aromatic heterocycles. The summed E-state index contributed by atoms with van der Waals surface area (Å²) in [5.41, 5.74) is 3.24. The smallest absolute Gasteiger partial charge is 0.475 e. The SMILES string of the molecule is CCCC(C)OC(=O)OCOc1ccc2c(c1)[C@@]13CCCC[C@@H]1[C@H](C2)NCC3.O=C(O)C(F)(F)F. The zero-order chi connectivity index (χ0) is 25.6. The predicted octanol–water partition coefficient (Wildman–Crippen LogP) is 5.34. The van der Waals surface area contributed by atoms with Gasteiger partial charge in [0.1, 0.15) is 11.9 Å². The van der Waals surface area contributed by atoms with Crippen molar-refractivity contribution in [2.24, 2.45) is 5.92 Å². The molecule has 1 aromatic rings. The molecule has 3 aliphatic rings. The summed E-state index contributed by atoms with van der Waals surface area (Å²) >= 11 is 0. The Morgan fingerprint density at radius 3 is 2.69 bits per heavy atom. The van der Waals surface area contributed by atoms with Crippen molar-refractivity contribution >= 4 is 12.1 Å². The van der Waals surface area contributed by atoms with Crippen LogP contribution in [0, 0.1) is 5.92 Å². The quantitative estimate of drug-likeness (QED) is 0.401. The Morgan fingerprint density at radius 1 is 1.26 bits per heavy atom. The van der Waals surface area contributed by atoms with Crippen LogP contribution in [0.4, 0.5) is 18.0 Å². The fourth-order valence-corrected chi connectivity index (χ4v) is 5.80. The number of alkyl halides is 3. The summed E-state index contributed by atoms with van der Waals surface area (Å²) < 4.78 is 47.8. The van der Waals surface area contributed by atoms with Crippen molar-refractivity contribution in [2.75, 3.05) is 13.3 Å². The van der Waals surface area contributed by atoms with Crippen LogP contribution in [0.25, 0.3) is 0 Å². The first-order valence-corrected chi connectivity index (χ1v) is 12.2. The van der Waals surface area contributed by atoms with Gasteiger partial charge in [-0.1, -0.05) is 32.3 Å². The average Bonchev–Trinajstić information content (AvgIpc) is 2.79. The van der Waals surface area contributed by atoms with Gasteiger partial charge in [-0.15, -0.1) is 0 Å². The van der Waals surface area contributed by atoms with E-state index in [4.69, 9.17) is 24.1 Å². The van der Waals surface area contributed by atoms with Gasteiger partial charge in [0.05, 0.1) is 0 Å². The Bertz CT molecular complexity index is 888. The first-order chi connectivity index (χ1) is 16.6. The molecule has 2 aliphatic carbocycles. The van der Waals surface area contributed by atoms with E-state index in [1.807, 2.05) is 13.0 Å². The number of halogens is 3. The standard InChI is InChI=1S/C23H33NO4.C2HF3O2/c1-3-6-16(2)28-22(25)27-15-26-18-9-8-17-13-21-19-7-4-5-10-23(19,11-12-24-21)20(17)14-18;3-2(4,5)1(6)7/h8-9,14,16,19,21,24H,3-7,10-13,15H2,1-2H3;(H,6,7)/t16?,19-,21+,23-;/m1./s1. The van der Waals surface area contributed by atoms with E-state index in [0.29, 0.717) is 11.5 Å². The predicted molar refractivity (Wildman–Crippen MR) is 121 cm³/mol. The second-order valence-electron chi connectivity index (χ2n) is 9.52. The van der Waals surface area contributed by atoms with Gasteiger partial charge in [-0.3, -0.25) is 0 Å². The molecule has 196 valence electrons. The third-order valence-electron chi connectivity index (χ3n) is 7.26. The molecule has 1 heterocycles. The van der Waals surface area contributed by atoms with Gasteiger partial charge in [0.2, 0.25) is 6.79 Å². The van der Waals surface area contributed by atoms with Gasteiger partial charge in [0.25, 0.3) is 0 Å². The highest BCUT2D eigenvalue weighted by Gasteiger charge is 2.51. The van der Waals surface area contributed by atoms with E-state index < -0.39 is 18.3 Å². The topological polar surface area (TPSA) is 94.1 Å². The number of hydrogen-bond acceptors (Lipinski definition) is 6. The van der Waals surface area contributed by atoms with Gasteiger partial charge in [-0.05, 0) is 74.8 Å². The van der Waals surface area contributed by atoms with Crippen LogP contribution in [-0.2, 0) is 26.1 Å². The normalized spacial score (nSPS) is 25.6. The molecule has 0 radical (unpaired) electrons. The highest BCUT2D eigenvalue weighted by molar-refractivity contribution is 5.73. The number of hydrogen-bond donors (Lipinski definition) is 2. The third kappa shape index (κ3) is 6.59. The Labute approximate surface area is 203 Å². The molecule has 2 N–H and O–H groups in total. The maximum atomic E-state index is 11.7. The lowest BCUT2D eigenvalue weighted by atomic mass is 9.53. The van der Waals surface area contributed by atoms with Gasteiger partial charge < -0.3 is 24.6 Å². The van der Waals surface area contributed by atoms with Crippen LogP contribution >= 0.6 is 0 Å². The minimum atomic E-state index is -5.08. The first kappa shape index (κ1) is 27.1. The van der Waals surface area contributed by atoms with Gasteiger partial charge in [0.15, 0.2) is 0 Å². The van der Waals surface area contributed by atoms with Gasteiger partial charge >= 0.3 is 18.3 Å². The van der Waals surface area contributed by atoms with E-state index in [1.54, 1.807) is 0 Å². The zero-order valence-electron chi connectivity index (χ0n) is 20.2. The third-order valence-corrected chi connectivity index (χ3v) is 7.26. The van der Waals surface area contributed by atoms with Crippen LogP contribution in [0.5, 0.6) is 5.75 Å². The van der Waals surface area contributed by atoms with Crippen LogP contribution in [0.1, 0.15) is 69.9 Å². The van der Waals surface area contributed by atoms with Crippen LogP contribution in [0.15, 0.2) is 18.2 Å². The van der Waals surface area contributed by atoms with Gasteiger partial charge in [0, 0.05) is 11.5 Å². The van der Waals surface area contributed by atoms with Crippen molar-refractivity contribution < 1.29 is 42.1 Å². The number of nitrogens with one attached hydrogen (secondary N) is 1. The van der Waals surface area contributed by atoms with Crippen molar-refractivity contribution in [3.8, 4) is 5.75 Å². The molecule has 4 rings (SSSR count). The summed E-state index contributed by atoms with van der Waals surface area (Å²) in [7, 11) is 0. The summed E-state index contributed by atoms with van der Waals surface area (Å²) in [6.45, 7) is 4.93. The summed E-state index contributed by atoms with van der Waals surface area (Å²) in [5.74, 6) is -1.24. The molecule has 10 heteroatoms. The monoisotopic (exact) mass is 501 g/mol. The Morgan fingerprint density at radius 2 is 2.00 bits per heavy atom. The Hall–Kier alpha value is -2.49. The van der Waals surface area contributed by atoms with Crippen molar-refractivity contribution in [1.29, 1.82) is 0 Å². The fraction of sp³-hybridized carbons (Fsp3) is 0.680. The number of ether oxygens (including phenoxy) is 3. The lowest BCUT2D eigenvalue weighted by molar-refractivity contribution is -0.192. The molecule has 2 bridgehead atoms. The number of carbonyl (C=O) groups is 2. The molecule has 2 fully saturated rings. The number of piperidine rings is 1. The zero-order valence-corrected chi connectivity index (χ0v) is 20.2. The number of carbonyl (C=O) groups excluding carboxylic acids is 1. The Kier molecular flexibility index (Phi) is 8.90. The van der Waals surface area contributed by atoms with Crippen molar-refractivity contribution in [3.05, 3.63) is 29.3 Å². The lowest BCUT2D eigenvalue weighted by Gasteiger charge is -2.56. The number of benzene rings is 1. The number of aliphatic carboxylic acids is 1. The molecule has 0 spiro atoms. The van der Waals surface area contributed by atoms with E-state index in [-0.39, 0.29) is 12.9 Å². The van der Waals surface area contributed by atoms with Crippen LogP contribution in [-0.4, -0.2) is 48.9 Å². The molecule has 35 heavy (non-hydrogen) atoms. The molecule has 1 unspecified atom stereocenters. The highest BCUT2D eigenvalue weighted by atomic mass is 19.4. The summed E-state index contributed by atoms with van der Waals surface area (Å²) in [6.07, 6.45) is 3.53. The number of carboxylic acid groups (broad SMARTS) is 1. The van der Waals surface area contributed by atoms with Crippen LogP contribution in [0.3, 0.4) is 0 Å². The summed E-state index contributed by atoms with van der Waals surface area (Å²) in [4.78, 5) is 20.6. The van der Waals surface area contributed by atoms with E-state index in [0.717, 1.165) is 37.5 Å². The van der Waals surface area contributed by atoms with E-state index in [2.05, 4.69) is 24.4 Å². The van der Waals surface area contributed by atoms with Gasteiger partial charge in [-0.25, -0.2) is 9.59 Å². The average molecular weight is 502 g/mol. The van der Waals surface area contributed by atoms with Crippen molar-refractivity contribution in [3.63, 3.8) is 0 Å². The lowest BCUT2D eigenvalue weighted by Crippen LogP contribution is -2.59. The van der Waals surface area contributed by atoms with Crippen molar-refractivity contribution in [2.45, 2.75) is 89.0 Å². The minimum Gasteiger partial charge on any atom is -0.475 e. The molecule has 1 aliphatic heterocycles. The van der Waals surface area contributed by atoms with Crippen molar-refractivity contribution in [1.82, 2.24) is 5.32 Å². The summed E-state index contributed by atoms with van der Waals surface area (Å²) in [5, 5.41) is 10.9. The largest absolute Gasteiger partial charge is 0.511 e. The first-order valence-electron chi connectivity index (χ1n) is 12.2. The molecule has 4 atom stereocenters. The maximum absolute atomic E-state index is 11.7. The molecule has 1 saturated carbocycles. The van der Waals surface area contributed by atoms with E-state index >= 15 is 0 Å². The minimum absolute atomic E-state index is 0.114. The molecule has 1 saturated heterocycles. The van der Waals surface area contributed by atoms with E-state index in [9.17, 15) is 18.0 Å².